The van der Waals surface area contributed by atoms with Crippen LogP contribution < -0.4 is 10.7 Å². The van der Waals surface area contributed by atoms with Crippen LogP contribution >= 0.6 is 0 Å². The SMILES string of the molecule is Cc1ccc2c(=O)c3c([nH]c2c1C)CCN(CC(=O)Nc1ccc(F)cc1F)C3. The van der Waals surface area contributed by atoms with Gasteiger partial charge in [0.1, 0.15) is 11.6 Å². The van der Waals surface area contributed by atoms with Gasteiger partial charge in [0, 0.05) is 42.2 Å². The molecule has 0 saturated heterocycles. The van der Waals surface area contributed by atoms with Crippen molar-refractivity contribution in [2.24, 2.45) is 0 Å². The van der Waals surface area contributed by atoms with Crippen LogP contribution in [-0.4, -0.2) is 28.9 Å². The standard InChI is InChI=1S/C22H21F2N3O2/c1-12-3-5-15-21(13(12)2)26-18-7-8-27(10-16(18)22(15)29)11-20(28)25-19-6-4-14(23)9-17(19)24/h3-6,9H,7-8,10-11H2,1-2H3,(H,25,28)(H,26,29). The lowest BCUT2D eigenvalue weighted by atomic mass is 9.99. The zero-order valence-corrected chi connectivity index (χ0v) is 16.2. The number of nitrogens with zero attached hydrogens (tertiary/aromatic N) is 1. The van der Waals surface area contributed by atoms with Gasteiger partial charge >= 0.3 is 0 Å². The molecule has 0 radical (unpaired) electrons. The molecule has 4 rings (SSSR count). The predicted molar refractivity (Wildman–Crippen MR) is 108 cm³/mol. The molecule has 0 unspecified atom stereocenters. The number of nitrogens with one attached hydrogen (secondary N) is 2. The molecular formula is C22H21F2N3O2. The minimum absolute atomic E-state index is 0.0145. The number of H-pyrrole nitrogens is 1. The van der Waals surface area contributed by atoms with E-state index >= 15 is 0 Å². The molecule has 0 aliphatic carbocycles. The van der Waals surface area contributed by atoms with Crippen molar-refractivity contribution in [2.75, 3.05) is 18.4 Å². The number of halogens is 2. The number of pyridine rings is 1. The molecule has 1 amide bonds. The highest BCUT2D eigenvalue weighted by Crippen LogP contribution is 2.22. The third kappa shape index (κ3) is 3.65. The molecule has 29 heavy (non-hydrogen) atoms. The zero-order valence-electron chi connectivity index (χ0n) is 16.2. The summed E-state index contributed by atoms with van der Waals surface area (Å²) < 4.78 is 26.7. The molecular weight excluding hydrogens is 376 g/mol. The van der Waals surface area contributed by atoms with E-state index < -0.39 is 17.5 Å². The maximum absolute atomic E-state index is 13.7. The largest absolute Gasteiger partial charge is 0.358 e. The van der Waals surface area contributed by atoms with Gasteiger partial charge in [-0.05, 0) is 43.2 Å². The molecule has 150 valence electrons. The Labute approximate surface area is 166 Å². The highest BCUT2D eigenvalue weighted by atomic mass is 19.1. The van der Waals surface area contributed by atoms with Gasteiger partial charge in [-0.25, -0.2) is 8.78 Å². The number of anilines is 1. The van der Waals surface area contributed by atoms with Crippen LogP contribution in [-0.2, 0) is 17.8 Å². The smallest absolute Gasteiger partial charge is 0.238 e. The van der Waals surface area contributed by atoms with Gasteiger partial charge in [-0.2, -0.15) is 0 Å². The molecule has 2 heterocycles. The Hall–Kier alpha value is -3.06. The Balaban J connectivity index is 1.54. The second kappa shape index (κ2) is 7.40. The molecule has 0 bridgehead atoms. The first-order chi connectivity index (χ1) is 13.8. The number of fused-ring (bicyclic) bond motifs is 2. The first-order valence-corrected chi connectivity index (χ1v) is 9.44. The molecule has 7 heteroatoms. The van der Waals surface area contributed by atoms with E-state index in [4.69, 9.17) is 0 Å². The van der Waals surface area contributed by atoms with E-state index in [0.717, 1.165) is 34.5 Å². The highest BCUT2D eigenvalue weighted by Gasteiger charge is 2.23. The Kier molecular flexibility index (Phi) is 4.92. The van der Waals surface area contributed by atoms with Gasteiger partial charge in [0.25, 0.3) is 0 Å². The second-order valence-corrected chi connectivity index (χ2v) is 7.47. The summed E-state index contributed by atoms with van der Waals surface area (Å²) in [5.74, 6) is -1.94. The average molecular weight is 397 g/mol. The number of aromatic nitrogens is 1. The molecule has 0 saturated carbocycles. The summed E-state index contributed by atoms with van der Waals surface area (Å²) in [6.07, 6.45) is 0.617. The van der Waals surface area contributed by atoms with Crippen LogP contribution in [0.1, 0.15) is 22.4 Å². The molecule has 0 fully saturated rings. The molecule has 2 aromatic carbocycles. The van der Waals surface area contributed by atoms with Crippen LogP contribution in [0.4, 0.5) is 14.5 Å². The number of carbonyl (C=O) groups excluding carboxylic acids is 1. The van der Waals surface area contributed by atoms with Crippen LogP contribution in [0, 0.1) is 25.5 Å². The van der Waals surface area contributed by atoms with E-state index in [1.807, 2.05) is 30.9 Å². The third-order valence-electron chi connectivity index (χ3n) is 5.53. The van der Waals surface area contributed by atoms with Crippen LogP contribution in [0.15, 0.2) is 35.1 Å². The first-order valence-electron chi connectivity index (χ1n) is 9.44. The molecule has 3 aromatic rings. The first kappa shape index (κ1) is 19.3. The van der Waals surface area contributed by atoms with Crippen molar-refractivity contribution in [2.45, 2.75) is 26.8 Å². The Morgan fingerprint density at radius 3 is 2.76 bits per heavy atom. The van der Waals surface area contributed by atoms with Crippen LogP contribution in [0.3, 0.4) is 0 Å². The minimum Gasteiger partial charge on any atom is -0.358 e. The van der Waals surface area contributed by atoms with Crippen molar-refractivity contribution in [1.29, 1.82) is 0 Å². The molecule has 0 atom stereocenters. The van der Waals surface area contributed by atoms with Gasteiger partial charge in [-0.3, -0.25) is 14.5 Å². The third-order valence-corrected chi connectivity index (χ3v) is 5.53. The second-order valence-electron chi connectivity index (χ2n) is 7.47. The molecule has 1 aromatic heterocycles. The van der Waals surface area contributed by atoms with E-state index in [1.54, 1.807) is 0 Å². The number of rotatable bonds is 3. The number of hydrogen-bond acceptors (Lipinski definition) is 3. The van der Waals surface area contributed by atoms with E-state index in [1.165, 1.54) is 6.07 Å². The van der Waals surface area contributed by atoms with Crippen molar-refractivity contribution < 1.29 is 13.6 Å². The van der Waals surface area contributed by atoms with Gasteiger partial charge in [0.15, 0.2) is 5.43 Å². The summed E-state index contributed by atoms with van der Waals surface area (Å²) in [5.41, 5.74) is 4.52. The number of hydrogen-bond donors (Lipinski definition) is 2. The van der Waals surface area contributed by atoms with Crippen molar-refractivity contribution in [3.63, 3.8) is 0 Å². The van der Waals surface area contributed by atoms with Crippen molar-refractivity contribution >= 4 is 22.5 Å². The Bertz CT molecular complexity index is 1190. The monoisotopic (exact) mass is 397 g/mol. The lowest BCUT2D eigenvalue weighted by Gasteiger charge is -2.28. The lowest BCUT2D eigenvalue weighted by molar-refractivity contribution is -0.117. The highest BCUT2D eigenvalue weighted by molar-refractivity contribution is 5.92. The quantitative estimate of drug-likeness (QED) is 0.712. The summed E-state index contributed by atoms with van der Waals surface area (Å²) in [6.45, 7) is 4.96. The number of aromatic amines is 1. The van der Waals surface area contributed by atoms with E-state index in [9.17, 15) is 18.4 Å². The topological polar surface area (TPSA) is 65.2 Å². The molecule has 0 spiro atoms. The maximum atomic E-state index is 13.7. The number of carbonyl (C=O) groups is 1. The van der Waals surface area contributed by atoms with Crippen molar-refractivity contribution in [3.05, 3.63) is 74.6 Å². The predicted octanol–water partition coefficient (Wildman–Crippen LogP) is 3.42. The lowest BCUT2D eigenvalue weighted by Crippen LogP contribution is -2.39. The normalized spacial score (nSPS) is 14.1. The van der Waals surface area contributed by atoms with Crippen LogP contribution in [0.2, 0.25) is 0 Å². The fourth-order valence-electron chi connectivity index (χ4n) is 3.76. The summed E-state index contributed by atoms with van der Waals surface area (Å²) in [4.78, 5) is 30.6. The van der Waals surface area contributed by atoms with Gasteiger partial charge < -0.3 is 10.3 Å². The van der Waals surface area contributed by atoms with Gasteiger partial charge in [-0.1, -0.05) is 6.07 Å². The molecule has 1 aliphatic heterocycles. The van der Waals surface area contributed by atoms with E-state index in [-0.39, 0.29) is 17.7 Å². The number of aryl methyl sites for hydroxylation is 2. The van der Waals surface area contributed by atoms with Crippen LogP contribution in [0.25, 0.3) is 10.9 Å². The fourth-order valence-corrected chi connectivity index (χ4v) is 3.76. The summed E-state index contributed by atoms with van der Waals surface area (Å²) in [5, 5.41) is 3.10. The minimum atomic E-state index is -0.823. The fraction of sp³-hybridized carbons (Fsp3) is 0.273. The van der Waals surface area contributed by atoms with E-state index in [2.05, 4.69) is 10.3 Å². The zero-order chi connectivity index (χ0) is 20.7. The van der Waals surface area contributed by atoms with Gasteiger partial charge in [0.05, 0.1) is 17.7 Å². The van der Waals surface area contributed by atoms with Crippen LogP contribution in [0.5, 0.6) is 0 Å². The summed E-state index contributed by atoms with van der Waals surface area (Å²) >= 11 is 0. The maximum Gasteiger partial charge on any atom is 0.238 e. The van der Waals surface area contributed by atoms with Gasteiger partial charge in [0.2, 0.25) is 5.91 Å². The number of benzene rings is 2. The average Bonchev–Trinajstić information content (AvgIpc) is 2.68. The summed E-state index contributed by atoms with van der Waals surface area (Å²) in [7, 11) is 0. The molecule has 2 N–H and O–H groups in total. The number of amides is 1. The van der Waals surface area contributed by atoms with Crippen molar-refractivity contribution in [3.8, 4) is 0 Å². The Morgan fingerprint density at radius 1 is 1.21 bits per heavy atom. The van der Waals surface area contributed by atoms with E-state index in [0.29, 0.717) is 30.5 Å². The molecule has 1 aliphatic rings. The van der Waals surface area contributed by atoms with Crippen molar-refractivity contribution in [1.82, 2.24) is 9.88 Å². The Morgan fingerprint density at radius 2 is 2.00 bits per heavy atom. The molecule has 5 nitrogen and oxygen atoms in total. The summed E-state index contributed by atoms with van der Waals surface area (Å²) in [6, 6.07) is 6.77. The van der Waals surface area contributed by atoms with Gasteiger partial charge in [-0.15, -0.1) is 0 Å².